The van der Waals surface area contributed by atoms with Crippen LogP contribution in [0.1, 0.15) is 17.6 Å². The molecule has 0 saturated carbocycles. The molecule has 0 aliphatic rings. The molecule has 1 amide bonds. The monoisotopic (exact) mass is 185 g/mol. The summed E-state index contributed by atoms with van der Waals surface area (Å²) in [6, 6.07) is 4.41. The lowest BCUT2D eigenvalue weighted by atomic mass is 10.1. The van der Waals surface area contributed by atoms with E-state index in [0.717, 1.165) is 0 Å². The molecule has 0 heterocycles. The zero-order valence-electron chi connectivity index (χ0n) is 7.05. The average molecular weight is 185 g/mol. The zero-order valence-corrected chi connectivity index (χ0v) is 7.05. The first-order valence-corrected chi connectivity index (χ1v) is 3.74. The van der Waals surface area contributed by atoms with E-state index in [0.29, 0.717) is 17.7 Å². The number of rotatable bonds is 3. The van der Waals surface area contributed by atoms with Gasteiger partial charge in [-0.25, -0.2) is 8.78 Å². The molecule has 1 aromatic carbocycles. The maximum atomic E-state index is 12.3. The van der Waals surface area contributed by atoms with Crippen LogP contribution in [0, 0.1) is 6.92 Å². The average Bonchev–Trinajstić information content (AvgIpc) is 2.08. The van der Waals surface area contributed by atoms with Crippen LogP contribution in [0.2, 0.25) is 0 Å². The predicted molar refractivity (Wildman–Crippen MR) is 45.8 cm³/mol. The first-order chi connectivity index (χ1) is 6.16. The van der Waals surface area contributed by atoms with Gasteiger partial charge in [-0.15, -0.1) is 0 Å². The molecule has 13 heavy (non-hydrogen) atoms. The molecule has 0 aliphatic carbocycles. The van der Waals surface area contributed by atoms with Gasteiger partial charge in [0, 0.05) is 11.3 Å². The van der Waals surface area contributed by atoms with Crippen molar-refractivity contribution >= 4 is 12.1 Å². The highest BCUT2D eigenvalue weighted by atomic mass is 19.3. The van der Waals surface area contributed by atoms with Crippen molar-refractivity contribution in [2.24, 2.45) is 0 Å². The van der Waals surface area contributed by atoms with Gasteiger partial charge >= 0.3 is 0 Å². The molecule has 0 aliphatic heterocycles. The molecule has 70 valence electrons. The van der Waals surface area contributed by atoms with Crippen LogP contribution in [0.5, 0.6) is 0 Å². The van der Waals surface area contributed by atoms with Gasteiger partial charge in [-0.2, -0.15) is 0 Å². The molecule has 0 radical (unpaired) electrons. The molecule has 0 aromatic heterocycles. The van der Waals surface area contributed by atoms with Gasteiger partial charge in [-0.1, -0.05) is 12.1 Å². The quantitative estimate of drug-likeness (QED) is 0.720. The third-order valence-corrected chi connectivity index (χ3v) is 1.83. The van der Waals surface area contributed by atoms with Gasteiger partial charge in [0.2, 0.25) is 6.41 Å². The van der Waals surface area contributed by atoms with Crippen molar-refractivity contribution in [3.8, 4) is 0 Å². The molecule has 0 fully saturated rings. The summed E-state index contributed by atoms with van der Waals surface area (Å²) in [6.45, 7) is 1.55. The first kappa shape index (κ1) is 9.64. The van der Waals surface area contributed by atoms with Gasteiger partial charge in [-0.05, 0) is 18.6 Å². The Kier molecular flexibility index (Phi) is 2.95. The molecule has 0 atom stereocenters. The number of benzene rings is 1. The molecule has 2 nitrogen and oxygen atoms in total. The predicted octanol–water partition coefficient (Wildman–Crippen LogP) is 2.50. The summed E-state index contributed by atoms with van der Waals surface area (Å²) in [7, 11) is 0. The Morgan fingerprint density at radius 3 is 2.69 bits per heavy atom. The number of hydrogen-bond donors (Lipinski definition) is 1. The van der Waals surface area contributed by atoms with E-state index >= 15 is 0 Å². The fraction of sp³-hybridized carbons (Fsp3) is 0.222. The molecule has 4 heteroatoms. The number of amides is 1. The third kappa shape index (κ3) is 2.02. The summed E-state index contributed by atoms with van der Waals surface area (Å²) in [5.74, 6) is 0. The Morgan fingerprint density at radius 2 is 2.15 bits per heavy atom. The summed E-state index contributed by atoms with van der Waals surface area (Å²) in [5, 5.41) is 2.36. The lowest BCUT2D eigenvalue weighted by Crippen LogP contribution is -1.99. The van der Waals surface area contributed by atoms with E-state index in [2.05, 4.69) is 5.32 Å². The molecular weight excluding hydrogens is 176 g/mol. The summed E-state index contributed by atoms with van der Waals surface area (Å²) >= 11 is 0. The van der Waals surface area contributed by atoms with E-state index in [-0.39, 0.29) is 5.56 Å². The van der Waals surface area contributed by atoms with Crippen LogP contribution in [0.4, 0.5) is 14.5 Å². The highest BCUT2D eigenvalue weighted by Crippen LogP contribution is 2.26. The minimum atomic E-state index is -2.51. The second-order valence-corrected chi connectivity index (χ2v) is 2.58. The first-order valence-electron chi connectivity index (χ1n) is 3.74. The number of anilines is 1. The number of nitrogens with one attached hydrogen (secondary N) is 1. The molecule has 0 spiro atoms. The smallest absolute Gasteiger partial charge is 0.264 e. The molecule has 1 aromatic rings. The van der Waals surface area contributed by atoms with Crippen molar-refractivity contribution in [1.82, 2.24) is 0 Å². The largest absolute Gasteiger partial charge is 0.328 e. The molecule has 0 bridgehead atoms. The number of halogens is 2. The van der Waals surface area contributed by atoms with E-state index in [9.17, 15) is 13.6 Å². The van der Waals surface area contributed by atoms with E-state index in [1.165, 1.54) is 12.1 Å². The summed E-state index contributed by atoms with van der Waals surface area (Å²) in [5.41, 5.74) is 0.782. The van der Waals surface area contributed by atoms with Crippen LogP contribution in [-0.2, 0) is 4.79 Å². The molecular formula is C9H9F2NO. The van der Waals surface area contributed by atoms with Gasteiger partial charge < -0.3 is 5.32 Å². The van der Waals surface area contributed by atoms with Crippen molar-refractivity contribution in [3.63, 3.8) is 0 Å². The molecule has 0 saturated heterocycles. The van der Waals surface area contributed by atoms with Crippen molar-refractivity contribution in [3.05, 3.63) is 29.3 Å². The zero-order chi connectivity index (χ0) is 9.84. The van der Waals surface area contributed by atoms with Crippen molar-refractivity contribution in [2.75, 3.05) is 5.32 Å². The minimum absolute atomic E-state index is 0.0492. The van der Waals surface area contributed by atoms with Crippen molar-refractivity contribution in [2.45, 2.75) is 13.3 Å². The topological polar surface area (TPSA) is 29.1 Å². The van der Waals surface area contributed by atoms with Crippen LogP contribution >= 0.6 is 0 Å². The maximum Gasteiger partial charge on any atom is 0.264 e. The van der Waals surface area contributed by atoms with Crippen molar-refractivity contribution in [1.29, 1.82) is 0 Å². The van der Waals surface area contributed by atoms with Gasteiger partial charge in [-0.3, -0.25) is 4.79 Å². The van der Waals surface area contributed by atoms with Gasteiger partial charge in [0.05, 0.1) is 0 Å². The minimum Gasteiger partial charge on any atom is -0.328 e. The van der Waals surface area contributed by atoms with E-state index in [1.54, 1.807) is 13.0 Å². The Balaban J connectivity index is 3.10. The van der Waals surface area contributed by atoms with Gasteiger partial charge in [0.15, 0.2) is 0 Å². The Bertz CT molecular complexity index is 312. The Labute approximate surface area is 74.6 Å². The van der Waals surface area contributed by atoms with Crippen LogP contribution in [0.15, 0.2) is 18.2 Å². The van der Waals surface area contributed by atoms with Crippen LogP contribution < -0.4 is 5.32 Å². The van der Waals surface area contributed by atoms with Gasteiger partial charge in [0.25, 0.3) is 6.43 Å². The normalized spacial score (nSPS) is 10.2. The van der Waals surface area contributed by atoms with Gasteiger partial charge in [0.1, 0.15) is 0 Å². The van der Waals surface area contributed by atoms with Crippen LogP contribution in [0.25, 0.3) is 0 Å². The van der Waals surface area contributed by atoms with Crippen molar-refractivity contribution < 1.29 is 13.6 Å². The SMILES string of the molecule is Cc1c(NC=O)cccc1C(F)F. The standard InChI is InChI=1S/C9H9F2NO/c1-6-7(9(10)11)3-2-4-8(6)12-5-13/h2-5,9H,1H3,(H,12,13). The fourth-order valence-corrected chi connectivity index (χ4v) is 1.11. The summed E-state index contributed by atoms with van der Waals surface area (Å²) in [4.78, 5) is 10.1. The second-order valence-electron chi connectivity index (χ2n) is 2.58. The van der Waals surface area contributed by atoms with Crippen LogP contribution in [0.3, 0.4) is 0 Å². The second kappa shape index (κ2) is 3.98. The van der Waals surface area contributed by atoms with E-state index in [1.807, 2.05) is 0 Å². The molecule has 1 N–H and O–H groups in total. The Hall–Kier alpha value is -1.45. The number of alkyl halides is 2. The molecule has 1 rings (SSSR count). The maximum absolute atomic E-state index is 12.3. The lowest BCUT2D eigenvalue weighted by molar-refractivity contribution is -0.105. The number of hydrogen-bond acceptors (Lipinski definition) is 1. The summed E-state index contributed by atoms with van der Waals surface area (Å²) < 4.78 is 24.7. The van der Waals surface area contributed by atoms with E-state index in [4.69, 9.17) is 0 Å². The molecule has 0 unspecified atom stereocenters. The van der Waals surface area contributed by atoms with Crippen LogP contribution in [-0.4, -0.2) is 6.41 Å². The number of carbonyl (C=O) groups is 1. The summed E-state index contributed by atoms with van der Waals surface area (Å²) in [6.07, 6.45) is -2.04. The third-order valence-electron chi connectivity index (χ3n) is 1.83. The van der Waals surface area contributed by atoms with E-state index < -0.39 is 6.43 Å². The lowest BCUT2D eigenvalue weighted by Gasteiger charge is -2.08. The Morgan fingerprint density at radius 1 is 1.46 bits per heavy atom. The number of carbonyl (C=O) groups excluding carboxylic acids is 1. The highest BCUT2D eigenvalue weighted by Gasteiger charge is 2.11. The highest BCUT2D eigenvalue weighted by molar-refractivity contribution is 5.73. The fourth-order valence-electron chi connectivity index (χ4n) is 1.11.